The molecule has 6 nitrogen and oxygen atoms in total. The van der Waals surface area contributed by atoms with Crippen molar-refractivity contribution in [3.8, 4) is 17.2 Å². The zero-order chi connectivity index (χ0) is 17.1. The van der Waals surface area contributed by atoms with Crippen molar-refractivity contribution in [3.05, 3.63) is 72.6 Å². The summed E-state index contributed by atoms with van der Waals surface area (Å²) in [6, 6.07) is 17.0. The maximum atomic E-state index is 12.4. The highest BCUT2D eigenvalue weighted by molar-refractivity contribution is 5.81. The lowest BCUT2D eigenvalue weighted by Crippen LogP contribution is -2.43. The van der Waals surface area contributed by atoms with E-state index in [1.165, 1.54) is 0 Å². The molecule has 4 rings (SSSR count). The molecule has 0 fully saturated rings. The van der Waals surface area contributed by atoms with Gasteiger partial charge in [-0.1, -0.05) is 30.3 Å². The second-order valence-corrected chi connectivity index (χ2v) is 5.66. The van der Waals surface area contributed by atoms with Gasteiger partial charge >= 0.3 is 0 Å². The Hall–Kier alpha value is -3.28. The lowest BCUT2D eigenvalue weighted by atomic mass is 10.1. The Morgan fingerprint density at radius 1 is 1.12 bits per heavy atom. The minimum Gasteiger partial charge on any atom is -0.485 e. The molecule has 1 aromatic heterocycles. The second-order valence-electron chi connectivity index (χ2n) is 5.66. The number of carbonyl (C=O) groups is 1. The van der Waals surface area contributed by atoms with E-state index >= 15 is 0 Å². The summed E-state index contributed by atoms with van der Waals surface area (Å²) in [6.07, 6.45) is 2.93. The third-order valence-corrected chi connectivity index (χ3v) is 4.00. The molecular formula is C19H17N3O3. The summed E-state index contributed by atoms with van der Waals surface area (Å²) < 4.78 is 13.1. The number of aromatic nitrogens is 2. The number of ether oxygens (including phenoxy) is 2. The number of rotatable bonds is 4. The Bertz CT molecular complexity index is 877. The molecule has 0 bridgehead atoms. The van der Waals surface area contributed by atoms with Gasteiger partial charge in [0.2, 0.25) is 6.10 Å². The van der Waals surface area contributed by atoms with Gasteiger partial charge < -0.3 is 14.8 Å². The monoisotopic (exact) mass is 335 g/mol. The molecule has 1 N–H and O–H groups in total. The van der Waals surface area contributed by atoms with Gasteiger partial charge in [-0.25, -0.2) is 4.68 Å². The maximum absolute atomic E-state index is 12.4. The molecular weight excluding hydrogens is 318 g/mol. The number of nitrogens with zero attached hydrogens (tertiary/aromatic N) is 2. The Morgan fingerprint density at radius 3 is 2.76 bits per heavy atom. The number of para-hydroxylation sites is 3. The van der Waals surface area contributed by atoms with Crippen molar-refractivity contribution >= 4 is 5.91 Å². The van der Waals surface area contributed by atoms with Gasteiger partial charge in [-0.3, -0.25) is 4.79 Å². The summed E-state index contributed by atoms with van der Waals surface area (Å²) >= 11 is 0. The van der Waals surface area contributed by atoms with Gasteiger partial charge in [0.15, 0.2) is 11.5 Å². The van der Waals surface area contributed by atoms with Crippen molar-refractivity contribution in [1.29, 1.82) is 0 Å². The van der Waals surface area contributed by atoms with Crippen LogP contribution in [0.1, 0.15) is 5.56 Å². The predicted octanol–water partition coefficient (Wildman–Crippen LogP) is 2.33. The standard InChI is InChI=1S/C19H17N3O3/c23-19(18-13-24-16-8-3-4-9-17(16)25-18)20-12-14-6-1-2-7-15(14)22-11-5-10-21-22/h1-11,18H,12-13H2,(H,20,23)/t18-/m0/s1. The van der Waals surface area contributed by atoms with Crippen LogP contribution in [0.15, 0.2) is 67.0 Å². The second kappa shape index (κ2) is 6.68. The molecule has 1 aliphatic rings. The molecule has 126 valence electrons. The largest absolute Gasteiger partial charge is 0.485 e. The molecule has 2 heterocycles. The van der Waals surface area contributed by atoms with Crippen LogP contribution in [0.4, 0.5) is 0 Å². The van der Waals surface area contributed by atoms with Crippen LogP contribution in [0.3, 0.4) is 0 Å². The van der Waals surface area contributed by atoms with Crippen LogP contribution in [0.2, 0.25) is 0 Å². The van der Waals surface area contributed by atoms with E-state index < -0.39 is 6.10 Å². The van der Waals surface area contributed by atoms with Crippen LogP contribution in [-0.4, -0.2) is 28.4 Å². The van der Waals surface area contributed by atoms with Crippen molar-refractivity contribution in [2.24, 2.45) is 0 Å². The average Bonchev–Trinajstić information content (AvgIpc) is 3.20. The van der Waals surface area contributed by atoms with E-state index in [4.69, 9.17) is 9.47 Å². The first-order chi connectivity index (χ1) is 12.3. The smallest absolute Gasteiger partial charge is 0.264 e. The van der Waals surface area contributed by atoms with E-state index in [9.17, 15) is 4.79 Å². The summed E-state index contributed by atoms with van der Waals surface area (Å²) in [7, 11) is 0. The van der Waals surface area contributed by atoms with Crippen molar-refractivity contribution in [1.82, 2.24) is 15.1 Å². The third-order valence-electron chi connectivity index (χ3n) is 4.00. The van der Waals surface area contributed by atoms with Gasteiger partial charge in [0.25, 0.3) is 5.91 Å². The zero-order valence-corrected chi connectivity index (χ0v) is 13.5. The predicted molar refractivity (Wildman–Crippen MR) is 91.8 cm³/mol. The van der Waals surface area contributed by atoms with Gasteiger partial charge in [0.1, 0.15) is 6.61 Å². The summed E-state index contributed by atoms with van der Waals surface area (Å²) in [5.41, 5.74) is 1.90. The van der Waals surface area contributed by atoms with Crippen molar-refractivity contribution in [2.45, 2.75) is 12.6 Å². The number of benzene rings is 2. The Balaban J connectivity index is 1.44. The highest BCUT2D eigenvalue weighted by Crippen LogP contribution is 2.30. The molecule has 0 unspecified atom stereocenters. The van der Waals surface area contributed by atoms with Gasteiger partial charge in [-0.05, 0) is 29.8 Å². The highest BCUT2D eigenvalue weighted by Gasteiger charge is 2.27. The molecule has 25 heavy (non-hydrogen) atoms. The lowest BCUT2D eigenvalue weighted by molar-refractivity contribution is -0.130. The molecule has 1 aliphatic heterocycles. The van der Waals surface area contributed by atoms with E-state index in [1.54, 1.807) is 16.9 Å². The summed E-state index contributed by atoms with van der Waals surface area (Å²) in [4.78, 5) is 12.4. The van der Waals surface area contributed by atoms with Crippen LogP contribution in [0, 0.1) is 0 Å². The van der Waals surface area contributed by atoms with Crippen LogP contribution >= 0.6 is 0 Å². The summed E-state index contributed by atoms with van der Waals surface area (Å²) in [6.45, 7) is 0.583. The van der Waals surface area contributed by atoms with Crippen molar-refractivity contribution < 1.29 is 14.3 Å². The SMILES string of the molecule is O=C(NCc1ccccc1-n1cccn1)[C@@H]1COc2ccccc2O1. The fourth-order valence-corrected chi connectivity index (χ4v) is 2.74. The third kappa shape index (κ3) is 3.19. The van der Waals surface area contributed by atoms with E-state index in [-0.39, 0.29) is 12.5 Å². The Labute approximate surface area is 145 Å². The van der Waals surface area contributed by atoms with Crippen LogP contribution in [0.5, 0.6) is 11.5 Å². The first-order valence-electron chi connectivity index (χ1n) is 8.05. The number of nitrogens with one attached hydrogen (secondary N) is 1. The van der Waals surface area contributed by atoms with Gasteiger partial charge in [-0.2, -0.15) is 5.10 Å². The first-order valence-corrected chi connectivity index (χ1v) is 8.05. The number of hydrogen-bond donors (Lipinski definition) is 1. The van der Waals surface area contributed by atoms with Crippen LogP contribution < -0.4 is 14.8 Å². The van der Waals surface area contributed by atoms with Gasteiger partial charge in [0, 0.05) is 18.9 Å². The number of fused-ring (bicyclic) bond motifs is 1. The van der Waals surface area contributed by atoms with E-state index in [0.29, 0.717) is 18.0 Å². The van der Waals surface area contributed by atoms with Crippen LogP contribution in [-0.2, 0) is 11.3 Å². The average molecular weight is 335 g/mol. The Morgan fingerprint density at radius 2 is 1.92 bits per heavy atom. The zero-order valence-electron chi connectivity index (χ0n) is 13.5. The van der Waals surface area contributed by atoms with Gasteiger partial charge in [0.05, 0.1) is 5.69 Å². The van der Waals surface area contributed by atoms with E-state index in [1.807, 2.05) is 54.7 Å². The fraction of sp³-hybridized carbons (Fsp3) is 0.158. The minimum absolute atomic E-state index is 0.198. The molecule has 0 saturated carbocycles. The normalized spacial score (nSPS) is 15.6. The Kier molecular flexibility index (Phi) is 4.08. The summed E-state index contributed by atoms with van der Waals surface area (Å²) in [5.74, 6) is 1.05. The fourth-order valence-electron chi connectivity index (χ4n) is 2.74. The summed E-state index contributed by atoms with van der Waals surface area (Å²) in [5, 5.41) is 7.17. The molecule has 1 atom stereocenters. The highest BCUT2D eigenvalue weighted by atomic mass is 16.6. The van der Waals surface area contributed by atoms with E-state index in [0.717, 1.165) is 11.3 Å². The minimum atomic E-state index is -0.660. The first kappa shape index (κ1) is 15.3. The van der Waals surface area contributed by atoms with Gasteiger partial charge in [-0.15, -0.1) is 0 Å². The molecule has 0 radical (unpaired) electrons. The maximum Gasteiger partial charge on any atom is 0.264 e. The molecule has 0 spiro atoms. The molecule has 6 heteroatoms. The number of carbonyl (C=O) groups excluding carboxylic acids is 1. The number of amides is 1. The molecule has 3 aromatic rings. The molecule has 1 amide bonds. The topological polar surface area (TPSA) is 65.4 Å². The molecule has 2 aromatic carbocycles. The molecule has 0 saturated heterocycles. The molecule has 0 aliphatic carbocycles. The number of hydrogen-bond acceptors (Lipinski definition) is 4. The lowest BCUT2D eigenvalue weighted by Gasteiger charge is -2.25. The quantitative estimate of drug-likeness (QED) is 0.795. The van der Waals surface area contributed by atoms with Crippen molar-refractivity contribution in [3.63, 3.8) is 0 Å². The van der Waals surface area contributed by atoms with Crippen molar-refractivity contribution in [2.75, 3.05) is 6.61 Å². The van der Waals surface area contributed by atoms with Crippen LogP contribution in [0.25, 0.3) is 5.69 Å². The van der Waals surface area contributed by atoms with E-state index in [2.05, 4.69) is 10.4 Å².